The van der Waals surface area contributed by atoms with E-state index in [4.69, 9.17) is 10.5 Å². The van der Waals surface area contributed by atoms with Crippen LogP contribution < -0.4 is 11.1 Å². The van der Waals surface area contributed by atoms with E-state index in [0.29, 0.717) is 24.5 Å². The number of rotatable bonds is 8. The highest BCUT2D eigenvalue weighted by atomic mass is 16.5. The van der Waals surface area contributed by atoms with E-state index < -0.39 is 0 Å². The second-order valence-corrected chi connectivity index (χ2v) is 8.91. The molecule has 2 saturated carbocycles. The molecule has 1 amide bonds. The first-order chi connectivity index (χ1) is 13.7. The van der Waals surface area contributed by atoms with Gasteiger partial charge >= 0.3 is 0 Å². The summed E-state index contributed by atoms with van der Waals surface area (Å²) in [6.45, 7) is 4.65. The smallest absolute Gasteiger partial charge is 0.224 e. The summed E-state index contributed by atoms with van der Waals surface area (Å²) < 4.78 is 6.06. The molecule has 154 valence electrons. The molecule has 3 N–H and O–H groups in total. The number of hydrogen-bond acceptors (Lipinski definition) is 4. The molecule has 28 heavy (non-hydrogen) atoms. The highest BCUT2D eigenvalue weighted by Gasteiger charge is 2.48. The van der Waals surface area contributed by atoms with E-state index in [-0.39, 0.29) is 17.9 Å². The van der Waals surface area contributed by atoms with Crippen LogP contribution in [0.2, 0.25) is 0 Å². The SMILES string of the molecule is NC1C2CCC(C2)C1C(=O)NCCCOC1CCN(Cc2ccccc2)CC1. The molecule has 3 fully saturated rings. The topological polar surface area (TPSA) is 67.6 Å². The fourth-order valence-electron chi connectivity index (χ4n) is 5.45. The van der Waals surface area contributed by atoms with Crippen LogP contribution >= 0.6 is 0 Å². The Labute approximate surface area is 169 Å². The maximum atomic E-state index is 12.5. The monoisotopic (exact) mass is 385 g/mol. The first-order valence-corrected chi connectivity index (χ1v) is 11.1. The molecule has 0 radical (unpaired) electrons. The molecule has 4 unspecified atom stereocenters. The van der Waals surface area contributed by atoms with Crippen molar-refractivity contribution < 1.29 is 9.53 Å². The van der Waals surface area contributed by atoms with Crippen molar-refractivity contribution in [3.63, 3.8) is 0 Å². The van der Waals surface area contributed by atoms with Gasteiger partial charge in [0.25, 0.3) is 0 Å². The molecule has 1 heterocycles. The molecule has 1 aliphatic heterocycles. The van der Waals surface area contributed by atoms with E-state index >= 15 is 0 Å². The highest BCUT2D eigenvalue weighted by Crippen LogP contribution is 2.47. The van der Waals surface area contributed by atoms with Crippen LogP contribution in [0.1, 0.15) is 44.1 Å². The number of likely N-dealkylation sites (tertiary alicyclic amines) is 1. The molecule has 0 spiro atoms. The number of benzene rings is 1. The number of nitrogens with zero attached hydrogens (tertiary/aromatic N) is 1. The van der Waals surface area contributed by atoms with E-state index in [0.717, 1.165) is 51.9 Å². The molecule has 3 aliphatic rings. The van der Waals surface area contributed by atoms with E-state index in [9.17, 15) is 4.79 Å². The number of hydrogen-bond donors (Lipinski definition) is 2. The lowest BCUT2D eigenvalue weighted by Gasteiger charge is -2.32. The van der Waals surface area contributed by atoms with Gasteiger partial charge in [-0.3, -0.25) is 9.69 Å². The van der Waals surface area contributed by atoms with Crippen LogP contribution in [0.3, 0.4) is 0 Å². The van der Waals surface area contributed by atoms with Crippen molar-refractivity contribution in [2.75, 3.05) is 26.2 Å². The highest BCUT2D eigenvalue weighted by molar-refractivity contribution is 5.80. The third kappa shape index (κ3) is 4.76. The zero-order chi connectivity index (χ0) is 19.3. The Morgan fingerprint density at radius 1 is 1.11 bits per heavy atom. The molecular weight excluding hydrogens is 350 g/mol. The predicted octanol–water partition coefficient (Wildman–Crippen LogP) is 2.55. The molecule has 4 atom stereocenters. The van der Waals surface area contributed by atoms with Gasteiger partial charge in [0.2, 0.25) is 5.91 Å². The average Bonchev–Trinajstić information content (AvgIpc) is 3.31. The van der Waals surface area contributed by atoms with Gasteiger partial charge in [-0.25, -0.2) is 0 Å². The minimum atomic E-state index is 0.0496. The Hall–Kier alpha value is -1.43. The van der Waals surface area contributed by atoms with Gasteiger partial charge in [-0.05, 0) is 55.9 Å². The summed E-state index contributed by atoms with van der Waals surface area (Å²) in [6.07, 6.45) is 6.99. The van der Waals surface area contributed by atoms with Crippen LogP contribution in [-0.4, -0.2) is 49.2 Å². The van der Waals surface area contributed by atoms with Gasteiger partial charge in [0.05, 0.1) is 12.0 Å². The van der Waals surface area contributed by atoms with Gasteiger partial charge in [0.1, 0.15) is 0 Å². The molecule has 1 saturated heterocycles. The Morgan fingerprint density at radius 2 is 1.86 bits per heavy atom. The van der Waals surface area contributed by atoms with E-state index in [2.05, 4.69) is 40.5 Å². The molecule has 2 bridgehead atoms. The van der Waals surface area contributed by atoms with Gasteiger partial charge in [0, 0.05) is 38.8 Å². The molecule has 1 aromatic rings. The van der Waals surface area contributed by atoms with Crippen molar-refractivity contribution in [3.05, 3.63) is 35.9 Å². The number of nitrogens with two attached hydrogens (primary N) is 1. The Kier molecular flexibility index (Phi) is 6.65. The maximum Gasteiger partial charge on any atom is 0.224 e. The second-order valence-electron chi connectivity index (χ2n) is 8.91. The third-order valence-electron chi connectivity index (χ3n) is 7.04. The largest absolute Gasteiger partial charge is 0.378 e. The molecular formula is C23H35N3O2. The van der Waals surface area contributed by atoms with E-state index in [1.165, 1.54) is 18.4 Å². The molecule has 5 heteroatoms. The molecule has 1 aromatic carbocycles. The summed E-state index contributed by atoms with van der Waals surface area (Å²) in [6, 6.07) is 10.7. The quantitative estimate of drug-likeness (QED) is 0.675. The van der Waals surface area contributed by atoms with Crippen LogP contribution in [0.15, 0.2) is 30.3 Å². The van der Waals surface area contributed by atoms with Crippen LogP contribution in [0.25, 0.3) is 0 Å². The minimum Gasteiger partial charge on any atom is -0.378 e. The van der Waals surface area contributed by atoms with Crippen LogP contribution in [0, 0.1) is 17.8 Å². The lowest BCUT2D eigenvalue weighted by molar-refractivity contribution is -0.127. The van der Waals surface area contributed by atoms with Gasteiger partial charge in [0.15, 0.2) is 0 Å². The number of ether oxygens (including phenoxy) is 1. The maximum absolute atomic E-state index is 12.5. The Morgan fingerprint density at radius 3 is 2.57 bits per heavy atom. The minimum absolute atomic E-state index is 0.0496. The average molecular weight is 386 g/mol. The van der Waals surface area contributed by atoms with Crippen molar-refractivity contribution in [2.24, 2.45) is 23.5 Å². The van der Waals surface area contributed by atoms with Crippen LogP contribution in [-0.2, 0) is 16.1 Å². The molecule has 0 aromatic heterocycles. The van der Waals surface area contributed by atoms with Crippen molar-refractivity contribution in [1.29, 1.82) is 0 Å². The molecule has 5 nitrogen and oxygen atoms in total. The van der Waals surface area contributed by atoms with Gasteiger partial charge in [-0.15, -0.1) is 0 Å². The van der Waals surface area contributed by atoms with Crippen molar-refractivity contribution in [1.82, 2.24) is 10.2 Å². The Balaban J connectivity index is 1.07. The summed E-state index contributed by atoms with van der Waals surface area (Å²) in [5, 5.41) is 3.10. The Bertz CT molecular complexity index is 628. The van der Waals surface area contributed by atoms with Gasteiger partial charge in [-0.1, -0.05) is 30.3 Å². The standard InChI is InChI=1S/C23H35N3O2/c24-22-19-8-7-18(15-19)21(22)23(27)25-11-4-14-28-20-9-12-26(13-10-20)16-17-5-2-1-3-6-17/h1-3,5-6,18-22H,4,7-16,24H2,(H,25,27). The number of carbonyl (C=O) groups is 1. The lowest BCUT2D eigenvalue weighted by atomic mass is 9.84. The van der Waals surface area contributed by atoms with Crippen molar-refractivity contribution >= 4 is 5.91 Å². The zero-order valence-corrected chi connectivity index (χ0v) is 16.9. The summed E-state index contributed by atoms with van der Waals surface area (Å²) in [4.78, 5) is 15.0. The molecule has 4 rings (SSSR count). The van der Waals surface area contributed by atoms with Crippen LogP contribution in [0.5, 0.6) is 0 Å². The summed E-state index contributed by atoms with van der Waals surface area (Å²) in [5.74, 6) is 1.33. The van der Waals surface area contributed by atoms with E-state index in [1.54, 1.807) is 0 Å². The van der Waals surface area contributed by atoms with Crippen molar-refractivity contribution in [2.45, 2.75) is 57.2 Å². The third-order valence-corrected chi connectivity index (χ3v) is 7.04. The number of amides is 1. The number of piperidine rings is 1. The zero-order valence-electron chi connectivity index (χ0n) is 16.9. The lowest BCUT2D eigenvalue weighted by Crippen LogP contribution is -2.45. The summed E-state index contributed by atoms with van der Waals surface area (Å²) in [7, 11) is 0. The fraction of sp³-hybridized carbons (Fsp3) is 0.696. The molecule has 2 aliphatic carbocycles. The number of carbonyl (C=O) groups excluding carboxylic acids is 1. The summed E-state index contributed by atoms with van der Waals surface area (Å²) in [5.41, 5.74) is 7.65. The van der Waals surface area contributed by atoms with E-state index in [1.807, 2.05) is 0 Å². The van der Waals surface area contributed by atoms with Crippen molar-refractivity contribution in [3.8, 4) is 0 Å². The first-order valence-electron chi connectivity index (χ1n) is 11.1. The number of fused-ring (bicyclic) bond motifs is 2. The summed E-state index contributed by atoms with van der Waals surface area (Å²) >= 11 is 0. The van der Waals surface area contributed by atoms with Gasteiger partial charge < -0.3 is 15.8 Å². The predicted molar refractivity (Wildman–Crippen MR) is 111 cm³/mol. The number of nitrogens with one attached hydrogen (secondary N) is 1. The van der Waals surface area contributed by atoms with Gasteiger partial charge in [-0.2, -0.15) is 0 Å². The van der Waals surface area contributed by atoms with Crippen LogP contribution in [0.4, 0.5) is 0 Å². The first kappa shape index (κ1) is 19.9. The second kappa shape index (κ2) is 9.38. The fourth-order valence-corrected chi connectivity index (χ4v) is 5.45. The normalized spacial score (nSPS) is 30.6.